The largest absolute Gasteiger partial charge is 0.355 e. The first-order chi connectivity index (χ1) is 14.6. The van der Waals surface area contributed by atoms with Crippen molar-refractivity contribution in [3.05, 3.63) is 35.1 Å². The fraction of sp³-hybridized carbons (Fsp3) is 0.696. The summed E-state index contributed by atoms with van der Waals surface area (Å²) in [7, 11) is 4.05. The zero-order valence-electron chi connectivity index (χ0n) is 19.3. The van der Waals surface area contributed by atoms with E-state index in [1.54, 1.807) is 23.9 Å². The number of piperidine rings is 2. The molecule has 0 atom stereocenters. The van der Waals surface area contributed by atoms with Gasteiger partial charge in [-0.2, -0.15) is 11.8 Å². The van der Waals surface area contributed by atoms with E-state index in [1.807, 2.05) is 19.4 Å². The number of hydrogen-bond donors (Lipinski definition) is 2. The van der Waals surface area contributed by atoms with E-state index >= 15 is 0 Å². The van der Waals surface area contributed by atoms with Crippen molar-refractivity contribution >= 4 is 41.7 Å². The van der Waals surface area contributed by atoms with Crippen molar-refractivity contribution in [3.8, 4) is 0 Å². The van der Waals surface area contributed by atoms with E-state index in [-0.39, 0.29) is 35.3 Å². The van der Waals surface area contributed by atoms with Gasteiger partial charge in [-0.05, 0) is 88.4 Å². The molecule has 2 fully saturated rings. The second-order valence-electron chi connectivity index (χ2n) is 8.70. The first kappa shape index (κ1) is 26.7. The minimum Gasteiger partial charge on any atom is -0.355 e. The summed E-state index contributed by atoms with van der Waals surface area (Å²) in [6.07, 6.45) is 8.43. The molecule has 0 saturated carbocycles. The zero-order valence-corrected chi connectivity index (χ0v) is 22.4. The zero-order chi connectivity index (χ0) is 21.4. The van der Waals surface area contributed by atoms with Crippen LogP contribution in [0.15, 0.2) is 23.2 Å². The first-order valence-corrected chi connectivity index (χ1v) is 12.6. The van der Waals surface area contributed by atoms with E-state index in [4.69, 9.17) is 0 Å². The highest BCUT2D eigenvalue weighted by Crippen LogP contribution is 2.30. The molecule has 1 aromatic carbocycles. The Morgan fingerprint density at radius 1 is 1.10 bits per heavy atom. The van der Waals surface area contributed by atoms with Gasteiger partial charge < -0.3 is 15.5 Å². The number of hydrogen-bond acceptors (Lipinski definition) is 4. The third kappa shape index (κ3) is 7.47. The van der Waals surface area contributed by atoms with Crippen molar-refractivity contribution in [1.82, 2.24) is 20.4 Å². The molecule has 2 saturated heterocycles. The van der Waals surface area contributed by atoms with Gasteiger partial charge in [-0.3, -0.25) is 9.89 Å². The van der Waals surface area contributed by atoms with Crippen LogP contribution in [-0.2, 0) is 12.3 Å². The van der Waals surface area contributed by atoms with Crippen molar-refractivity contribution < 1.29 is 4.39 Å². The summed E-state index contributed by atoms with van der Waals surface area (Å²) in [6.45, 7) is 6.29. The van der Waals surface area contributed by atoms with Gasteiger partial charge in [0.1, 0.15) is 5.82 Å². The SMILES string of the molecule is CN=C(NCc1ccc(F)cc1CSC)NCC1(N2CCCCC2)CCN(C)CC1.I. The average Bonchev–Trinajstić information content (AvgIpc) is 2.77. The lowest BCUT2D eigenvalue weighted by atomic mass is 9.84. The van der Waals surface area contributed by atoms with Crippen LogP contribution in [0.3, 0.4) is 0 Å². The Bertz CT molecular complexity index is 703. The summed E-state index contributed by atoms with van der Waals surface area (Å²) < 4.78 is 13.6. The molecule has 0 radical (unpaired) electrons. The van der Waals surface area contributed by atoms with Gasteiger partial charge in [0.25, 0.3) is 0 Å². The molecule has 31 heavy (non-hydrogen) atoms. The minimum absolute atomic E-state index is 0. The molecule has 8 heteroatoms. The highest BCUT2D eigenvalue weighted by atomic mass is 127. The van der Waals surface area contributed by atoms with Crippen LogP contribution in [0.2, 0.25) is 0 Å². The molecule has 0 amide bonds. The molecule has 1 aromatic rings. The van der Waals surface area contributed by atoms with E-state index in [9.17, 15) is 4.39 Å². The molecule has 2 aliphatic heterocycles. The molecule has 0 bridgehead atoms. The van der Waals surface area contributed by atoms with Crippen LogP contribution in [0.5, 0.6) is 0 Å². The molecule has 3 rings (SSSR count). The molecule has 2 N–H and O–H groups in total. The van der Waals surface area contributed by atoms with Gasteiger partial charge in [-0.25, -0.2) is 4.39 Å². The Morgan fingerprint density at radius 3 is 2.45 bits per heavy atom. The van der Waals surface area contributed by atoms with Gasteiger partial charge in [0.15, 0.2) is 5.96 Å². The lowest BCUT2D eigenvalue weighted by Gasteiger charge is -2.50. The Hall–Kier alpha value is -0.580. The van der Waals surface area contributed by atoms with Gasteiger partial charge in [0.05, 0.1) is 0 Å². The lowest BCUT2D eigenvalue weighted by Crippen LogP contribution is -2.62. The summed E-state index contributed by atoms with van der Waals surface area (Å²) >= 11 is 1.71. The first-order valence-electron chi connectivity index (χ1n) is 11.2. The van der Waals surface area contributed by atoms with Crippen molar-refractivity contribution in [2.45, 2.75) is 49.9 Å². The molecular weight excluding hydrogens is 524 g/mol. The predicted octanol–water partition coefficient (Wildman–Crippen LogP) is 3.92. The molecule has 2 aliphatic rings. The normalized spacial score (nSPS) is 20.2. The summed E-state index contributed by atoms with van der Waals surface area (Å²) in [5, 5.41) is 7.08. The summed E-state index contributed by atoms with van der Waals surface area (Å²) in [4.78, 5) is 9.64. The Labute approximate surface area is 209 Å². The Balaban J connectivity index is 0.00000341. The Morgan fingerprint density at radius 2 is 1.81 bits per heavy atom. The van der Waals surface area contributed by atoms with Crippen LogP contribution in [-0.4, -0.2) is 74.4 Å². The standard InChI is InChI=1S/C23H38FN5S.HI/c1-25-22(26-16-19-7-8-21(24)15-20(19)17-30-3)27-18-23(9-13-28(2)14-10-23)29-11-5-4-6-12-29;/h7-8,15H,4-6,9-14,16-18H2,1-3H3,(H2,25,26,27);1H. The molecule has 176 valence electrons. The third-order valence-electron chi connectivity index (χ3n) is 6.67. The fourth-order valence-electron chi connectivity index (χ4n) is 4.71. The van der Waals surface area contributed by atoms with E-state index in [0.717, 1.165) is 42.5 Å². The molecule has 0 aromatic heterocycles. The molecule has 0 spiro atoms. The van der Waals surface area contributed by atoms with Crippen molar-refractivity contribution in [2.24, 2.45) is 4.99 Å². The van der Waals surface area contributed by atoms with Gasteiger partial charge in [-0.1, -0.05) is 12.5 Å². The van der Waals surface area contributed by atoms with Crippen LogP contribution in [0, 0.1) is 5.82 Å². The Kier molecular flexibility index (Phi) is 11.4. The maximum absolute atomic E-state index is 13.6. The monoisotopic (exact) mass is 563 g/mol. The highest BCUT2D eigenvalue weighted by Gasteiger charge is 2.39. The van der Waals surface area contributed by atoms with Crippen molar-refractivity contribution in [2.75, 3.05) is 53.1 Å². The fourth-order valence-corrected chi connectivity index (χ4v) is 5.29. The van der Waals surface area contributed by atoms with Gasteiger partial charge in [0, 0.05) is 31.4 Å². The maximum atomic E-state index is 13.6. The summed E-state index contributed by atoms with van der Waals surface area (Å²) in [5.41, 5.74) is 2.38. The highest BCUT2D eigenvalue weighted by molar-refractivity contribution is 14.0. The minimum atomic E-state index is -0.170. The number of halogens is 2. The van der Waals surface area contributed by atoms with E-state index in [2.05, 4.69) is 32.5 Å². The van der Waals surface area contributed by atoms with Crippen LogP contribution >= 0.6 is 35.7 Å². The molecule has 0 unspecified atom stereocenters. The second-order valence-corrected chi connectivity index (χ2v) is 9.57. The second kappa shape index (κ2) is 13.2. The molecule has 0 aliphatic carbocycles. The predicted molar refractivity (Wildman–Crippen MR) is 142 cm³/mol. The van der Waals surface area contributed by atoms with Crippen LogP contribution in [0.25, 0.3) is 0 Å². The summed E-state index contributed by atoms with van der Waals surface area (Å²) in [5.74, 6) is 1.47. The molecular formula is C23H39FIN5S. The topological polar surface area (TPSA) is 42.9 Å². The molecule has 5 nitrogen and oxygen atoms in total. The maximum Gasteiger partial charge on any atom is 0.191 e. The number of benzene rings is 1. The number of rotatable bonds is 7. The van der Waals surface area contributed by atoms with Gasteiger partial charge >= 0.3 is 0 Å². The van der Waals surface area contributed by atoms with Crippen molar-refractivity contribution in [3.63, 3.8) is 0 Å². The lowest BCUT2D eigenvalue weighted by molar-refractivity contribution is 0.0173. The number of aliphatic imine (C=N–C) groups is 1. The van der Waals surface area contributed by atoms with E-state index in [1.165, 1.54) is 45.2 Å². The van der Waals surface area contributed by atoms with Gasteiger partial charge in [-0.15, -0.1) is 24.0 Å². The van der Waals surface area contributed by atoms with Crippen molar-refractivity contribution in [1.29, 1.82) is 0 Å². The van der Waals surface area contributed by atoms with Crippen LogP contribution in [0.1, 0.15) is 43.2 Å². The van der Waals surface area contributed by atoms with Crippen LogP contribution in [0.4, 0.5) is 4.39 Å². The quantitative estimate of drug-likeness (QED) is 0.299. The van der Waals surface area contributed by atoms with Gasteiger partial charge in [0.2, 0.25) is 0 Å². The molecule has 2 heterocycles. The average molecular weight is 564 g/mol. The van der Waals surface area contributed by atoms with E-state index in [0.29, 0.717) is 6.54 Å². The smallest absolute Gasteiger partial charge is 0.191 e. The number of likely N-dealkylation sites (tertiary alicyclic amines) is 2. The van der Waals surface area contributed by atoms with Crippen LogP contribution < -0.4 is 10.6 Å². The number of nitrogens with zero attached hydrogens (tertiary/aromatic N) is 3. The number of nitrogens with one attached hydrogen (secondary N) is 2. The number of thioether (sulfide) groups is 1. The summed E-state index contributed by atoms with van der Waals surface area (Å²) in [6, 6.07) is 5.07. The number of guanidine groups is 1. The third-order valence-corrected chi connectivity index (χ3v) is 7.27. The van der Waals surface area contributed by atoms with E-state index < -0.39 is 0 Å².